The number of hydrogen-bond acceptors (Lipinski definition) is 4. The van der Waals surface area contributed by atoms with Gasteiger partial charge in [-0.05, 0) is 69.2 Å². The number of sulfonamides is 1. The molecule has 0 saturated heterocycles. The third-order valence-corrected chi connectivity index (χ3v) is 7.78. The number of halogens is 1. The molecular weight excluding hydrogens is 405 g/mol. The molecule has 0 unspecified atom stereocenters. The largest absolute Gasteiger partial charge is 0.489 e. The molecule has 1 aliphatic carbocycles. The molecular formula is C22H26FN3O3S. The van der Waals surface area contributed by atoms with E-state index >= 15 is 0 Å². The maximum absolute atomic E-state index is 13.2. The van der Waals surface area contributed by atoms with Crippen molar-refractivity contribution >= 4 is 20.9 Å². The third-order valence-electron chi connectivity index (χ3n) is 5.73. The Morgan fingerprint density at radius 3 is 2.53 bits per heavy atom. The Labute approximate surface area is 176 Å². The lowest BCUT2D eigenvalue weighted by Gasteiger charge is -2.24. The highest BCUT2D eigenvalue weighted by molar-refractivity contribution is 7.90. The van der Waals surface area contributed by atoms with Crippen LogP contribution in [0.3, 0.4) is 0 Å². The summed E-state index contributed by atoms with van der Waals surface area (Å²) in [4.78, 5) is 0. The van der Waals surface area contributed by atoms with Crippen molar-refractivity contribution in [2.45, 2.75) is 56.9 Å². The van der Waals surface area contributed by atoms with E-state index in [0.29, 0.717) is 5.75 Å². The normalized spacial score (nSPS) is 17.3. The molecule has 0 amide bonds. The molecule has 1 aliphatic rings. The Hall–Kier alpha value is -2.45. The molecule has 4 rings (SSSR count). The Balaban J connectivity index is 1.46. The van der Waals surface area contributed by atoms with E-state index in [2.05, 4.69) is 9.82 Å². The van der Waals surface area contributed by atoms with E-state index in [-0.39, 0.29) is 23.2 Å². The number of nitrogens with one attached hydrogen (secondary N) is 1. The Bertz CT molecular complexity index is 1120. The first-order valence-corrected chi connectivity index (χ1v) is 11.8. The van der Waals surface area contributed by atoms with E-state index in [1.54, 1.807) is 23.0 Å². The number of rotatable bonds is 7. The summed E-state index contributed by atoms with van der Waals surface area (Å²) in [6, 6.07) is 11.4. The molecule has 1 N–H and O–H groups in total. The van der Waals surface area contributed by atoms with Gasteiger partial charge in [-0.3, -0.25) is 0 Å². The zero-order valence-corrected chi connectivity index (χ0v) is 17.9. The molecule has 30 heavy (non-hydrogen) atoms. The first kappa shape index (κ1) is 20.8. The molecule has 0 bridgehead atoms. The van der Waals surface area contributed by atoms with Gasteiger partial charge in [0, 0.05) is 5.39 Å². The monoisotopic (exact) mass is 431 g/mol. The van der Waals surface area contributed by atoms with Gasteiger partial charge in [-0.15, -0.1) is 0 Å². The maximum Gasteiger partial charge on any atom is 0.214 e. The summed E-state index contributed by atoms with van der Waals surface area (Å²) < 4.78 is 48.8. The molecule has 0 spiro atoms. The molecule has 8 heteroatoms. The van der Waals surface area contributed by atoms with Gasteiger partial charge in [-0.25, -0.2) is 22.2 Å². The van der Waals surface area contributed by atoms with Crippen molar-refractivity contribution in [1.82, 2.24) is 14.5 Å². The average Bonchev–Trinajstić information content (AvgIpc) is 3.38. The van der Waals surface area contributed by atoms with Crippen molar-refractivity contribution in [3.05, 3.63) is 54.5 Å². The molecule has 0 aliphatic heterocycles. The number of benzene rings is 2. The fraction of sp³-hybridized carbons (Fsp3) is 0.409. The van der Waals surface area contributed by atoms with Gasteiger partial charge < -0.3 is 4.74 Å². The minimum atomic E-state index is -3.33. The van der Waals surface area contributed by atoms with Crippen molar-refractivity contribution in [2.75, 3.05) is 0 Å². The fourth-order valence-corrected chi connectivity index (χ4v) is 5.70. The molecule has 1 aromatic heterocycles. The predicted octanol–water partition coefficient (Wildman–Crippen LogP) is 4.18. The van der Waals surface area contributed by atoms with Crippen LogP contribution in [0.2, 0.25) is 0 Å². The summed E-state index contributed by atoms with van der Waals surface area (Å²) in [5, 5.41) is 4.98. The highest BCUT2D eigenvalue weighted by Gasteiger charge is 2.31. The van der Waals surface area contributed by atoms with Crippen LogP contribution in [0.4, 0.5) is 4.39 Å². The van der Waals surface area contributed by atoms with E-state index in [9.17, 15) is 12.8 Å². The van der Waals surface area contributed by atoms with Gasteiger partial charge in [0.15, 0.2) is 0 Å². The zero-order chi connectivity index (χ0) is 21.3. The lowest BCUT2D eigenvalue weighted by Crippen LogP contribution is -2.45. The van der Waals surface area contributed by atoms with Crippen LogP contribution >= 0.6 is 0 Å². The van der Waals surface area contributed by atoms with Gasteiger partial charge in [0.25, 0.3) is 0 Å². The van der Waals surface area contributed by atoms with E-state index in [1.807, 2.05) is 32.0 Å². The Morgan fingerprint density at radius 2 is 1.83 bits per heavy atom. The third kappa shape index (κ3) is 4.34. The van der Waals surface area contributed by atoms with Crippen LogP contribution in [-0.2, 0) is 10.0 Å². The molecule has 1 fully saturated rings. The van der Waals surface area contributed by atoms with E-state index < -0.39 is 10.0 Å². The van der Waals surface area contributed by atoms with E-state index in [4.69, 9.17) is 4.74 Å². The molecule has 1 saturated carbocycles. The molecule has 1 heterocycles. The second kappa shape index (κ2) is 8.35. The van der Waals surface area contributed by atoms with E-state index in [1.165, 1.54) is 12.1 Å². The van der Waals surface area contributed by atoms with Crippen LogP contribution in [0, 0.1) is 5.82 Å². The zero-order valence-electron chi connectivity index (χ0n) is 17.1. The Kier molecular flexibility index (Phi) is 5.79. The number of nitrogens with zero attached hydrogens (tertiary/aromatic N) is 2. The fourth-order valence-electron chi connectivity index (χ4n) is 3.84. The van der Waals surface area contributed by atoms with Crippen LogP contribution in [-0.4, -0.2) is 35.6 Å². The van der Waals surface area contributed by atoms with Crippen molar-refractivity contribution in [2.24, 2.45) is 0 Å². The van der Waals surface area contributed by atoms with Crippen LogP contribution < -0.4 is 9.46 Å². The summed E-state index contributed by atoms with van der Waals surface area (Å²) in [5.41, 5.74) is 1.64. The second-order valence-corrected chi connectivity index (χ2v) is 9.93. The standard InChI is InChI=1S/C22H26FN3O3S/c1-15(25-30(27,28)21-5-3-4-6-21)16(2)29-20-11-12-22-17(13-20)14-24-26(22)19-9-7-18(23)8-10-19/h7-16,21,25H,3-6H2,1-2H3/t15-,16+/m0/s1. The van der Waals surface area contributed by atoms with Crippen molar-refractivity contribution in [3.63, 3.8) is 0 Å². The Morgan fingerprint density at radius 1 is 1.13 bits per heavy atom. The number of ether oxygens (including phenoxy) is 1. The average molecular weight is 432 g/mol. The smallest absolute Gasteiger partial charge is 0.214 e. The second-order valence-electron chi connectivity index (χ2n) is 7.93. The number of hydrogen-bond donors (Lipinski definition) is 1. The summed E-state index contributed by atoms with van der Waals surface area (Å²) in [6.45, 7) is 3.68. The molecule has 160 valence electrons. The van der Waals surface area contributed by atoms with Crippen molar-refractivity contribution < 1.29 is 17.5 Å². The quantitative estimate of drug-likeness (QED) is 0.609. The molecule has 0 radical (unpaired) electrons. The molecule has 2 aromatic carbocycles. The highest BCUT2D eigenvalue weighted by Crippen LogP contribution is 2.26. The predicted molar refractivity (Wildman–Crippen MR) is 115 cm³/mol. The van der Waals surface area contributed by atoms with Gasteiger partial charge in [0.2, 0.25) is 10.0 Å². The molecule has 2 atom stereocenters. The van der Waals surface area contributed by atoms with Crippen molar-refractivity contribution in [1.29, 1.82) is 0 Å². The first-order chi connectivity index (χ1) is 14.3. The van der Waals surface area contributed by atoms with Crippen LogP contribution in [0.5, 0.6) is 5.75 Å². The van der Waals surface area contributed by atoms with Gasteiger partial charge in [0.05, 0.1) is 28.7 Å². The molecule has 6 nitrogen and oxygen atoms in total. The minimum Gasteiger partial charge on any atom is -0.489 e. The lowest BCUT2D eigenvalue weighted by molar-refractivity contribution is 0.189. The lowest BCUT2D eigenvalue weighted by atomic mass is 10.2. The van der Waals surface area contributed by atoms with Crippen LogP contribution in [0.1, 0.15) is 39.5 Å². The summed E-state index contributed by atoms with van der Waals surface area (Å²) in [6.07, 6.45) is 4.78. The number of aromatic nitrogens is 2. The first-order valence-electron chi connectivity index (χ1n) is 10.2. The van der Waals surface area contributed by atoms with Gasteiger partial charge in [0.1, 0.15) is 17.7 Å². The number of fused-ring (bicyclic) bond motifs is 1. The maximum atomic E-state index is 13.2. The SMILES string of the molecule is C[C@H](NS(=O)(=O)C1CCCC1)[C@@H](C)Oc1ccc2c(cnn2-c2ccc(F)cc2)c1. The topological polar surface area (TPSA) is 73.2 Å². The highest BCUT2D eigenvalue weighted by atomic mass is 32.2. The summed E-state index contributed by atoms with van der Waals surface area (Å²) in [5.74, 6) is 0.345. The van der Waals surface area contributed by atoms with Crippen molar-refractivity contribution in [3.8, 4) is 11.4 Å². The summed E-state index contributed by atoms with van der Waals surface area (Å²) >= 11 is 0. The van der Waals surface area contributed by atoms with Gasteiger partial charge in [-0.1, -0.05) is 12.8 Å². The van der Waals surface area contributed by atoms with Crippen LogP contribution in [0.25, 0.3) is 16.6 Å². The minimum absolute atomic E-state index is 0.291. The van der Waals surface area contributed by atoms with E-state index in [0.717, 1.165) is 42.3 Å². The summed E-state index contributed by atoms with van der Waals surface area (Å²) in [7, 11) is -3.33. The van der Waals surface area contributed by atoms with Crippen LogP contribution in [0.15, 0.2) is 48.7 Å². The van der Waals surface area contributed by atoms with Gasteiger partial charge in [-0.2, -0.15) is 5.10 Å². The van der Waals surface area contributed by atoms with Gasteiger partial charge >= 0.3 is 0 Å². The molecule has 3 aromatic rings.